The van der Waals surface area contributed by atoms with E-state index in [0.29, 0.717) is 22.6 Å². The third-order valence-corrected chi connectivity index (χ3v) is 6.99. The Balaban J connectivity index is 2.08. The van der Waals surface area contributed by atoms with Crippen LogP contribution in [-0.2, 0) is 19.9 Å². The highest BCUT2D eigenvalue weighted by molar-refractivity contribution is 6.31. The van der Waals surface area contributed by atoms with Crippen molar-refractivity contribution in [3.63, 3.8) is 0 Å². The quantitative estimate of drug-likeness (QED) is 0.357. The van der Waals surface area contributed by atoms with E-state index in [2.05, 4.69) is 5.32 Å². The van der Waals surface area contributed by atoms with E-state index in [-0.39, 0.29) is 30.2 Å². The summed E-state index contributed by atoms with van der Waals surface area (Å²) in [6, 6.07) is 6.43. The summed E-state index contributed by atoms with van der Waals surface area (Å²) in [5.74, 6) is -2.69. The predicted molar refractivity (Wildman–Crippen MR) is 120 cm³/mol. The number of halogens is 3. The molecule has 0 aromatic heterocycles. The van der Waals surface area contributed by atoms with Crippen LogP contribution in [0.3, 0.4) is 0 Å². The molecule has 4 atom stereocenters. The minimum atomic E-state index is -1.69. The largest absolute Gasteiger partial charge is 0.383 e. The lowest BCUT2D eigenvalue weighted by Gasteiger charge is -2.38. The summed E-state index contributed by atoms with van der Waals surface area (Å²) >= 11 is 12.2. The number of benzene rings is 2. The first-order valence-corrected chi connectivity index (χ1v) is 10.9. The molecule has 8 nitrogen and oxygen atoms in total. The predicted octanol–water partition coefficient (Wildman–Crippen LogP) is 3.63. The molecule has 0 radical (unpaired) electrons. The highest BCUT2D eigenvalue weighted by atomic mass is 35.5. The second kappa shape index (κ2) is 8.98. The standard InChI is InChI=1S/C22H20Cl2FN3O5/c1-33-10-8-27-17(7-9-29)20(28(31)32)18(13-3-2-4-15(24)19(13)25)22(27)14-6-5-12(23)11-16(14)26-21(22)30/h2-6,9,11,17-18,20H,7-8,10H2,1H3,(H,26,30)/t17-,18-,20+,22+/m0/s1. The fourth-order valence-electron chi connectivity index (χ4n) is 5.31. The van der Waals surface area contributed by atoms with Gasteiger partial charge in [0.05, 0.1) is 23.6 Å². The summed E-state index contributed by atoms with van der Waals surface area (Å²) in [5.41, 5.74) is -0.971. The van der Waals surface area contributed by atoms with Crippen LogP contribution in [0.5, 0.6) is 0 Å². The number of hydrogen-bond donors (Lipinski definition) is 1. The zero-order valence-electron chi connectivity index (χ0n) is 17.5. The molecule has 11 heteroatoms. The van der Waals surface area contributed by atoms with Crippen molar-refractivity contribution in [1.82, 2.24) is 4.90 Å². The van der Waals surface area contributed by atoms with Crippen molar-refractivity contribution >= 4 is 41.1 Å². The molecule has 1 fully saturated rings. The van der Waals surface area contributed by atoms with E-state index in [1.54, 1.807) is 17.0 Å². The lowest BCUT2D eigenvalue weighted by Crippen LogP contribution is -2.53. The zero-order chi connectivity index (χ0) is 23.9. The highest BCUT2D eigenvalue weighted by Crippen LogP contribution is 2.58. The number of anilines is 1. The van der Waals surface area contributed by atoms with E-state index < -0.39 is 40.2 Å². The molecule has 0 saturated carbocycles. The summed E-state index contributed by atoms with van der Waals surface area (Å²) in [6.45, 7) is 0.218. The van der Waals surface area contributed by atoms with Crippen molar-refractivity contribution in [2.75, 3.05) is 25.6 Å². The van der Waals surface area contributed by atoms with Crippen molar-refractivity contribution in [3.8, 4) is 0 Å². The van der Waals surface area contributed by atoms with Crippen LogP contribution in [0.4, 0.5) is 10.1 Å². The van der Waals surface area contributed by atoms with Gasteiger partial charge < -0.3 is 14.8 Å². The fourth-order valence-corrected chi connectivity index (χ4v) is 5.66. The molecule has 0 aliphatic carbocycles. The first-order valence-electron chi connectivity index (χ1n) is 10.2. The molecule has 2 aromatic carbocycles. The highest BCUT2D eigenvalue weighted by Gasteiger charge is 2.71. The first-order chi connectivity index (χ1) is 15.8. The van der Waals surface area contributed by atoms with E-state index in [1.165, 1.54) is 31.4 Å². The van der Waals surface area contributed by atoms with Crippen molar-refractivity contribution in [2.24, 2.45) is 0 Å². The topological polar surface area (TPSA) is 102 Å². The van der Waals surface area contributed by atoms with Gasteiger partial charge in [0, 0.05) is 46.8 Å². The third kappa shape index (κ3) is 3.50. The van der Waals surface area contributed by atoms with Gasteiger partial charge in [-0.3, -0.25) is 19.8 Å². The van der Waals surface area contributed by atoms with E-state index in [0.717, 1.165) is 0 Å². The molecule has 0 bridgehead atoms. The molecule has 0 unspecified atom stereocenters. The van der Waals surface area contributed by atoms with Crippen molar-refractivity contribution < 1.29 is 23.6 Å². The monoisotopic (exact) mass is 495 g/mol. The zero-order valence-corrected chi connectivity index (χ0v) is 19.0. The SMILES string of the molecule is COCCN1[C@@H](CC=O)[C@@H]([N+](=O)[O-])[C@H](c2cccc(Cl)c2F)[C@]12C(=O)Nc1cc(Cl)ccc12. The molecule has 4 rings (SSSR count). The minimum absolute atomic E-state index is 0.0713. The van der Waals surface area contributed by atoms with Gasteiger partial charge in [-0.25, -0.2) is 4.39 Å². The number of carbonyl (C=O) groups is 2. The van der Waals surface area contributed by atoms with Crippen molar-refractivity contribution in [3.05, 3.63) is 73.5 Å². The van der Waals surface area contributed by atoms with Crippen LogP contribution < -0.4 is 5.32 Å². The number of nitrogens with one attached hydrogen (secondary N) is 1. The molecule has 1 amide bonds. The molecule has 1 N–H and O–H groups in total. The third-order valence-electron chi connectivity index (χ3n) is 6.46. The lowest BCUT2D eigenvalue weighted by atomic mass is 9.73. The average molecular weight is 496 g/mol. The molecule has 1 saturated heterocycles. The second-order valence-electron chi connectivity index (χ2n) is 7.96. The molecule has 2 aromatic rings. The number of nitro groups is 1. The number of nitrogens with zero attached hydrogens (tertiary/aromatic N) is 2. The smallest absolute Gasteiger partial charge is 0.250 e. The van der Waals surface area contributed by atoms with Crippen LogP contribution in [0.2, 0.25) is 10.0 Å². The van der Waals surface area contributed by atoms with E-state index >= 15 is 4.39 Å². The van der Waals surface area contributed by atoms with Crippen LogP contribution in [0.25, 0.3) is 0 Å². The minimum Gasteiger partial charge on any atom is -0.383 e. The number of rotatable bonds is 7. The van der Waals surface area contributed by atoms with Gasteiger partial charge in [0.15, 0.2) is 0 Å². The second-order valence-corrected chi connectivity index (χ2v) is 8.81. The number of aldehydes is 1. The molecule has 2 heterocycles. The average Bonchev–Trinajstić information content (AvgIpc) is 3.21. The Bertz CT molecular complexity index is 1130. The van der Waals surface area contributed by atoms with Crippen molar-refractivity contribution in [2.45, 2.75) is 30.0 Å². The fraction of sp³-hybridized carbons (Fsp3) is 0.364. The molecule has 33 heavy (non-hydrogen) atoms. The van der Waals surface area contributed by atoms with Crippen LogP contribution in [0.1, 0.15) is 23.5 Å². The van der Waals surface area contributed by atoms with Gasteiger partial charge >= 0.3 is 0 Å². The number of hydrogen-bond acceptors (Lipinski definition) is 6. The Morgan fingerprint density at radius 2 is 2.09 bits per heavy atom. The van der Waals surface area contributed by atoms with Gasteiger partial charge in [0.1, 0.15) is 17.6 Å². The number of fused-ring (bicyclic) bond motifs is 2. The number of ether oxygens (including phenoxy) is 1. The normalized spacial score (nSPS) is 26.4. The number of likely N-dealkylation sites (tertiary alicyclic amines) is 1. The first kappa shape index (κ1) is 23.6. The number of methoxy groups -OCH3 is 1. The molecular formula is C22H20Cl2FN3O5. The summed E-state index contributed by atoms with van der Waals surface area (Å²) in [6.07, 6.45) is 0.340. The van der Waals surface area contributed by atoms with Gasteiger partial charge in [0.2, 0.25) is 6.04 Å². The van der Waals surface area contributed by atoms with Gasteiger partial charge in [-0.1, -0.05) is 41.4 Å². The maximum atomic E-state index is 15.4. The summed E-state index contributed by atoms with van der Waals surface area (Å²) < 4.78 is 20.6. The van der Waals surface area contributed by atoms with Gasteiger partial charge in [-0.15, -0.1) is 0 Å². The Morgan fingerprint density at radius 1 is 1.33 bits per heavy atom. The van der Waals surface area contributed by atoms with Gasteiger partial charge in [0.25, 0.3) is 5.91 Å². The lowest BCUT2D eigenvalue weighted by molar-refractivity contribution is -0.528. The van der Waals surface area contributed by atoms with Crippen molar-refractivity contribution in [1.29, 1.82) is 0 Å². The Hall–Kier alpha value is -2.59. The molecule has 1 spiro atoms. The molecule has 2 aliphatic heterocycles. The number of carbonyl (C=O) groups excluding carboxylic acids is 2. The molecule has 174 valence electrons. The Labute approximate surface area is 198 Å². The van der Waals surface area contributed by atoms with Crippen LogP contribution in [0.15, 0.2) is 36.4 Å². The summed E-state index contributed by atoms with van der Waals surface area (Å²) in [4.78, 5) is 38.8. The number of amides is 1. The summed E-state index contributed by atoms with van der Waals surface area (Å²) in [7, 11) is 1.46. The Morgan fingerprint density at radius 3 is 2.76 bits per heavy atom. The van der Waals surface area contributed by atoms with Gasteiger partial charge in [-0.2, -0.15) is 0 Å². The molecule has 2 aliphatic rings. The van der Waals surface area contributed by atoms with Gasteiger partial charge in [-0.05, 0) is 18.2 Å². The van der Waals surface area contributed by atoms with Crippen LogP contribution in [-0.4, -0.2) is 54.4 Å². The maximum Gasteiger partial charge on any atom is 0.250 e. The maximum absolute atomic E-state index is 15.4. The molecular weight excluding hydrogens is 476 g/mol. The van der Waals surface area contributed by atoms with Crippen LogP contribution >= 0.6 is 23.2 Å². The van der Waals surface area contributed by atoms with Crippen LogP contribution in [0, 0.1) is 15.9 Å². The Kier molecular flexibility index (Phi) is 6.41. The summed E-state index contributed by atoms with van der Waals surface area (Å²) in [5, 5.41) is 15.3. The van der Waals surface area contributed by atoms with E-state index in [1.807, 2.05) is 0 Å². The van der Waals surface area contributed by atoms with E-state index in [9.17, 15) is 19.7 Å². The van der Waals surface area contributed by atoms with E-state index in [4.69, 9.17) is 27.9 Å².